The number of hydrogen-bond acceptors (Lipinski definition) is 4. The minimum absolute atomic E-state index is 0.00439. The van der Waals surface area contributed by atoms with Crippen molar-refractivity contribution in [3.63, 3.8) is 0 Å². The van der Waals surface area contributed by atoms with Crippen LogP contribution in [0.25, 0.3) is 0 Å². The van der Waals surface area contributed by atoms with E-state index in [2.05, 4.69) is 34.9 Å². The van der Waals surface area contributed by atoms with E-state index in [0.29, 0.717) is 15.6 Å². The van der Waals surface area contributed by atoms with Crippen molar-refractivity contribution in [3.05, 3.63) is 93.6 Å². The molecule has 152 valence electrons. The van der Waals surface area contributed by atoms with Gasteiger partial charge in [-0.3, -0.25) is 4.79 Å². The molecule has 0 saturated carbocycles. The van der Waals surface area contributed by atoms with Crippen LogP contribution in [-0.4, -0.2) is 5.78 Å². The fourth-order valence-electron chi connectivity index (χ4n) is 3.56. The largest absolute Gasteiger partial charge is 0.372 e. The molecule has 0 aromatic heterocycles. The molecule has 6 heteroatoms. The fraction of sp³-hybridized carbons (Fsp3) is 0.125. The number of hydrogen-bond donors (Lipinski definition) is 2. The zero-order valence-electron chi connectivity index (χ0n) is 16.5. The van der Waals surface area contributed by atoms with Crippen molar-refractivity contribution < 1.29 is 4.79 Å². The molecule has 1 aliphatic rings. The van der Waals surface area contributed by atoms with Crippen molar-refractivity contribution >= 4 is 52.1 Å². The summed E-state index contributed by atoms with van der Waals surface area (Å²) in [6, 6.07) is 21.6. The van der Waals surface area contributed by atoms with Gasteiger partial charge in [-0.2, -0.15) is 0 Å². The van der Waals surface area contributed by atoms with Gasteiger partial charge in [-0.25, -0.2) is 0 Å². The van der Waals surface area contributed by atoms with Crippen LogP contribution in [0.2, 0.25) is 10.0 Å². The van der Waals surface area contributed by atoms with Gasteiger partial charge in [0.15, 0.2) is 5.78 Å². The maximum Gasteiger partial charge on any atom is 0.159 e. The number of ketones is 1. The van der Waals surface area contributed by atoms with E-state index in [9.17, 15) is 4.79 Å². The number of rotatable bonds is 4. The van der Waals surface area contributed by atoms with Gasteiger partial charge in [-0.15, -0.1) is 0 Å². The molecule has 0 radical (unpaired) electrons. The molecule has 3 aromatic rings. The van der Waals surface area contributed by atoms with Gasteiger partial charge in [0.25, 0.3) is 0 Å². The molecule has 4 rings (SSSR count). The Morgan fingerprint density at radius 2 is 1.67 bits per heavy atom. The van der Waals surface area contributed by atoms with Gasteiger partial charge in [-0.1, -0.05) is 59.2 Å². The van der Waals surface area contributed by atoms with Crippen molar-refractivity contribution in [2.75, 3.05) is 10.6 Å². The first-order valence-electron chi connectivity index (χ1n) is 9.49. The molecule has 0 spiro atoms. The van der Waals surface area contributed by atoms with Gasteiger partial charge in [0.2, 0.25) is 0 Å². The van der Waals surface area contributed by atoms with Crippen LogP contribution in [-0.2, 0) is 4.79 Å². The number of anilines is 2. The lowest BCUT2D eigenvalue weighted by molar-refractivity contribution is -0.113. The minimum Gasteiger partial charge on any atom is -0.372 e. The van der Waals surface area contributed by atoms with Crippen molar-refractivity contribution in [3.8, 4) is 0 Å². The molecule has 1 aliphatic heterocycles. The Hall–Kier alpha value is -2.40. The SMILES string of the molecule is CC(=O)C1=C(C)Nc2cc(Sc3ccccc3)ccc2NC1c1ccc(Cl)c(Cl)c1. The molecule has 3 nitrogen and oxygen atoms in total. The Bertz CT molecular complexity index is 1150. The van der Waals surface area contributed by atoms with Crippen LogP contribution in [0.4, 0.5) is 11.4 Å². The van der Waals surface area contributed by atoms with E-state index >= 15 is 0 Å². The summed E-state index contributed by atoms with van der Waals surface area (Å²) in [4.78, 5) is 14.8. The molecule has 1 atom stereocenters. The summed E-state index contributed by atoms with van der Waals surface area (Å²) in [5.41, 5.74) is 4.20. The third-order valence-corrected chi connectivity index (χ3v) is 6.68. The van der Waals surface area contributed by atoms with E-state index in [1.807, 2.05) is 43.3 Å². The summed E-state index contributed by atoms with van der Waals surface area (Å²) in [6.07, 6.45) is 0. The second-order valence-corrected chi connectivity index (χ2v) is 9.05. The lowest BCUT2D eigenvalue weighted by Gasteiger charge is -2.22. The lowest BCUT2D eigenvalue weighted by atomic mass is 9.94. The summed E-state index contributed by atoms with van der Waals surface area (Å²) < 4.78 is 0. The summed E-state index contributed by atoms with van der Waals surface area (Å²) in [6.45, 7) is 3.51. The Kier molecular flexibility index (Phi) is 6.09. The molecule has 1 heterocycles. The van der Waals surface area contributed by atoms with E-state index in [1.54, 1.807) is 24.8 Å². The first-order chi connectivity index (χ1) is 14.4. The number of fused-ring (bicyclic) bond motifs is 1. The van der Waals surface area contributed by atoms with E-state index in [4.69, 9.17) is 23.2 Å². The average Bonchev–Trinajstić information content (AvgIpc) is 2.86. The first kappa shape index (κ1) is 20.9. The van der Waals surface area contributed by atoms with Crippen LogP contribution >= 0.6 is 35.0 Å². The molecule has 1 unspecified atom stereocenters. The standard InChI is InChI=1S/C24H20Cl2N2OS/c1-14-23(15(2)29)24(16-8-10-19(25)20(26)12-16)28-21-11-9-18(13-22(21)27-14)30-17-6-4-3-5-7-17/h3-13,24,27-28H,1-2H3. The maximum atomic E-state index is 12.6. The number of allylic oxidation sites excluding steroid dienone is 1. The number of Topliss-reactive ketones (excluding diaryl/α,β-unsaturated/α-hetero) is 1. The third-order valence-electron chi connectivity index (χ3n) is 4.94. The number of nitrogens with one attached hydrogen (secondary N) is 2. The highest BCUT2D eigenvalue weighted by Gasteiger charge is 2.27. The van der Waals surface area contributed by atoms with Gasteiger partial charge in [0.1, 0.15) is 0 Å². The fourth-order valence-corrected chi connectivity index (χ4v) is 4.75. The van der Waals surface area contributed by atoms with Gasteiger partial charge in [-0.05, 0) is 61.9 Å². The first-order valence-corrected chi connectivity index (χ1v) is 11.1. The molecule has 0 amide bonds. The van der Waals surface area contributed by atoms with E-state index in [-0.39, 0.29) is 11.8 Å². The van der Waals surface area contributed by atoms with E-state index in [0.717, 1.165) is 27.5 Å². The van der Waals surface area contributed by atoms with Crippen LogP contribution in [0.15, 0.2) is 87.8 Å². The van der Waals surface area contributed by atoms with Crippen molar-refractivity contribution in [1.29, 1.82) is 0 Å². The highest BCUT2D eigenvalue weighted by molar-refractivity contribution is 7.99. The molecular formula is C24H20Cl2N2OS. The molecule has 0 fully saturated rings. The predicted molar refractivity (Wildman–Crippen MR) is 127 cm³/mol. The number of carbonyl (C=O) groups excluding carboxylic acids is 1. The smallest absolute Gasteiger partial charge is 0.159 e. The second kappa shape index (κ2) is 8.76. The van der Waals surface area contributed by atoms with Crippen LogP contribution in [0.5, 0.6) is 0 Å². The van der Waals surface area contributed by atoms with Crippen molar-refractivity contribution in [2.24, 2.45) is 0 Å². The van der Waals surface area contributed by atoms with Crippen LogP contribution in [0.1, 0.15) is 25.5 Å². The Morgan fingerprint density at radius 1 is 0.900 bits per heavy atom. The normalized spacial score (nSPS) is 15.7. The number of halogens is 2. The minimum atomic E-state index is -0.335. The quantitative estimate of drug-likeness (QED) is 0.425. The molecule has 0 aliphatic carbocycles. The zero-order chi connectivity index (χ0) is 21.3. The second-order valence-electron chi connectivity index (χ2n) is 7.09. The highest BCUT2D eigenvalue weighted by Crippen LogP contribution is 2.40. The highest BCUT2D eigenvalue weighted by atomic mass is 35.5. The van der Waals surface area contributed by atoms with Gasteiger partial charge < -0.3 is 10.6 Å². The summed E-state index contributed by atoms with van der Waals surface area (Å²) in [7, 11) is 0. The summed E-state index contributed by atoms with van der Waals surface area (Å²) >= 11 is 14.0. The van der Waals surface area contributed by atoms with Crippen molar-refractivity contribution in [1.82, 2.24) is 0 Å². The monoisotopic (exact) mass is 454 g/mol. The van der Waals surface area contributed by atoms with Crippen LogP contribution < -0.4 is 10.6 Å². The lowest BCUT2D eigenvalue weighted by Crippen LogP contribution is -2.18. The van der Waals surface area contributed by atoms with Gasteiger partial charge >= 0.3 is 0 Å². The number of carbonyl (C=O) groups is 1. The number of benzene rings is 3. The summed E-state index contributed by atoms with van der Waals surface area (Å²) in [5, 5.41) is 7.90. The van der Waals surface area contributed by atoms with Gasteiger partial charge in [0.05, 0.1) is 27.5 Å². The Balaban J connectivity index is 1.74. The molecule has 0 bridgehead atoms. The Morgan fingerprint density at radius 3 is 2.37 bits per heavy atom. The third kappa shape index (κ3) is 4.36. The molecule has 0 saturated heterocycles. The molecular weight excluding hydrogens is 435 g/mol. The summed E-state index contributed by atoms with van der Waals surface area (Å²) in [5.74, 6) is -0.00439. The predicted octanol–water partition coefficient (Wildman–Crippen LogP) is 7.59. The van der Waals surface area contributed by atoms with Crippen LogP contribution in [0.3, 0.4) is 0 Å². The van der Waals surface area contributed by atoms with Crippen LogP contribution in [0, 0.1) is 0 Å². The zero-order valence-corrected chi connectivity index (χ0v) is 18.8. The average molecular weight is 455 g/mol. The molecule has 30 heavy (non-hydrogen) atoms. The molecule has 3 aromatic carbocycles. The van der Waals surface area contributed by atoms with E-state index in [1.165, 1.54) is 4.90 Å². The van der Waals surface area contributed by atoms with Gasteiger partial charge in [0, 0.05) is 21.1 Å². The Labute approximate surface area is 190 Å². The maximum absolute atomic E-state index is 12.6. The van der Waals surface area contributed by atoms with Crippen molar-refractivity contribution in [2.45, 2.75) is 29.7 Å². The topological polar surface area (TPSA) is 41.1 Å². The molecule has 2 N–H and O–H groups in total. The van der Waals surface area contributed by atoms with E-state index < -0.39 is 0 Å².